The van der Waals surface area contributed by atoms with E-state index in [0.29, 0.717) is 0 Å². The van der Waals surface area contributed by atoms with Gasteiger partial charge in [0.15, 0.2) is 0 Å². The van der Waals surface area contributed by atoms with E-state index in [2.05, 4.69) is 98.8 Å². The molecule has 0 amide bonds. The van der Waals surface area contributed by atoms with E-state index >= 15 is 0 Å². The first-order chi connectivity index (χ1) is 14.1. The minimum atomic E-state index is -0.532. The van der Waals surface area contributed by atoms with Crippen molar-refractivity contribution in [2.75, 3.05) is 0 Å². The Morgan fingerprint density at radius 3 is 1.97 bits per heavy atom. The van der Waals surface area contributed by atoms with E-state index in [1.165, 1.54) is 47.2 Å². The van der Waals surface area contributed by atoms with Gasteiger partial charge in [-0.15, -0.1) is 12.6 Å². The fourth-order valence-electron chi connectivity index (χ4n) is 3.87. The lowest BCUT2D eigenvalue weighted by molar-refractivity contribution is 1.32. The first kappa shape index (κ1) is 18.9. The van der Waals surface area contributed by atoms with E-state index in [0.717, 1.165) is 4.90 Å². The molecule has 0 aliphatic carbocycles. The molecule has 0 spiro atoms. The molecule has 0 radical (unpaired) electrons. The molecule has 3 heteroatoms. The third kappa shape index (κ3) is 3.40. The fourth-order valence-corrected chi connectivity index (χ4v) is 7.79. The monoisotopic (exact) mass is 428 g/mol. The molecule has 1 aromatic heterocycles. The number of aryl methyl sites for hydroxylation is 2. The number of rotatable bonds is 3. The first-order valence-electron chi connectivity index (χ1n) is 9.68. The van der Waals surface area contributed by atoms with Crippen LogP contribution in [0.1, 0.15) is 11.1 Å². The van der Waals surface area contributed by atoms with Crippen molar-refractivity contribution in [1.29, 1.82) is 0 Å². The molecule has 0 saturated carbocycles. The smallest absolute Gasteiger partial charge is 0.0158 e. The van der Waals surface area contributed by atoms with Crippen molar-refractivity contribution in [1.82, 2.24) is 0 Å². The maximum absolute atomic E-state index is 4.73. The van der Waals surface area contributed by atoms with Crippen molar-refractivity contribution in [3.05, 3.63) is 96.1 Å². The summed E-state index contributed by atoms with van der Waals surface area (Å²) in [6.07, 6.45) is 0. The van der Waals surface area contributed by atoms with Crippen molar-refractivity contribution >= 4 is 52.9 Å². The van der Waals surface area contributed by atoms with Gasteiger partial charge < -0.3 is 0 Å². The van der Waals surface area contributed by atoms with Gasteiger partial charge in [-0.25, -0.2) is 0 Å². The van der Waals surface area contributed by atoms with Crippen LogP contribution in [0.2, 0.25) is 0 Å². The van der Waals surface area contributed by atoms with E-state index in [9.17, 15) is 0 Å². The van der Waals surface area contributed by atoms with Crippen molar-refractivity contribution in [2.24, 2.45) is 0 Å². The van der Waals surface area contributed by atoms with E-state index < -0.39 is 7.53 Å². The third-order valence-electron chi connectivity index (χ3n) is 5.36. The highest BCUT2D eigenvalue weighted by Gasteiger charge is 2.16. The van der Waals surface area contributed by atoms with Gasteiger partial charge in [0, 0.05) is 24.9 Å². The lowest BCUT2D eigenvalue weighted by atomic mass is 10.1. The minimum Gasteiger partial charge on any atom is -0.143 e. The van der Waals surface area contributed by atoms with E-state index in [1.54, 1.807) is 0 Å². The van der Waals surface area contributed by atoms with Crippen LogP contribution < -0.4 is 0 Å². The second kappa shape index (κ2) is 7.61. The molecule has 0 aliphatic rings. The normalized spacial score (nSPS) is 12.0. The highest BCUT2D eigenvalue weighted by atomic mass is 32.2. The largest absolute Gasteiger partial charge is 0.143 e. The number of hydrogen-bond acceptors (Lipinski definition) is 2. The Morgan fingerprint density at radius 2 is 1.28 bits per heavy atom. The molecule has 0 bridgehead atoms. The van der Waals surface area contributed by atoms with E-state index in [1.807, 2.05) is 11.8 Å². The predicted molar refractivity (Wildman–Crippen MR) is 133 cm³/mol. The molecule has 0 fully saturated rings. The van der Waals surface area contributed by atoms with Gasteiger partial charge in [0.25, 0.3) is 0 Å². The average Bonchev–Trinajstić information content (AvgIpc) is 3.02. The zero-order valence-electron chi connectivity index (χ0n) is 16.4. The van der Waals surface area contributed by atoms with Crippen LogP contribution in [0.4, 0.5) is 0 Å². The van der Waals surface area contributed by atoms with Crippen LogP contribution in [0.15, 0.2) is 99.6 Å². The summed E-state index contributed by atoms with van der Waals surface area (Å²) in [5.74, 6) is 0. The van der Waals surface area contributed by atoms with Crippen LogP contribution in [0.3, 0.4) is 0 Å². The van der Waals surface area contributed by atoms with Crippen LogP contribution in [0, 0.1) is 13.8 Å². The third-order valence-corrected chi connectivity index (χ3v) is 9.53. The maximum Gasteiger partial charge on any atom is 0.0158 e. The first-order valence-corrected chi connectivity index (χ1v) is 12.3. The predicted octanol–water partition coefficient (Wildman–Crippen LogP) is 9.03. The van der Waals surface area contributed by atoms with E-state index in [-0.39, 0.29) is 0 Å². The number of fused-ring (bicyclic) bond motifs is 3. The van der Waals surface area contributed by atoms with Crippen LogP contribution in [0.25, 0.3) is 26.3 Å². The van der Waals surface area contributed by atoms with Crippen LogP contribution >= 0.6 is 31.9 Å². The number of hydrogen-bond donors (Lipinski definition) is 1. The molecule has 0 nitrogen and oxygen atoms in total. The molecule has 0 N–H and O–H groups in total. The van der Waals surface area contributed by atoms with Crippen molar-refractivity contribution < 1.29 is 0 Å². The zero-order valence-corrected chi connectivity index (χ0v) is 19.0. The molecule has 0 saturated heterocycles. The summed E-state index contributed by atoms with van der Waals surface area (Å²) in [6, 6.07) is 31.0. The van der Waals surface area contributed by atoms with Gasteiger partial charge >= 0.3 is 0 Å². The Labute approximate surface area is 182 Å². The van der Waals surface area contributed by atoms with Crippen LogP contribution in [0.5, 0.6) is 0 Å². The summed E-state index contributed by atoms with van der Waals surface area (Å²) in [4.78, 5) is 3.67. The molecule has 29 heavy (non-hydrogen) atoms. The summed E-state index contributed by atoms with van der Waals surface area (Å²) in [6.45, 7) is 4.40. The van der Waals surface area contributed by atoms with Crippen molar-refractivity contribution in [3.63, 3.8) is 0 Å². The Hall–Kier alpha value is -2.12. The molecule has 0 aliphatic heterocycles. The van der Waals surface area contributed by atoms with Gasteiger partial charge in [0.1, 0.15) is 0 Å². The summed E-state index contributed by atoms with van der Waals surface area (Å²) in [5.41, 5.74) is 2.59. The molecule has 1 atom stereocenters. The molecule has 5 rings (SSSR count). The van der Waals surface area contributed by atoms with Gasteiger partial charge in [-0.3, -0.25) is 0 Å². The van der Waals surface area contributed by atoms with Crippen molar-refractivity contribution in [3.8, 4) is 5.30 Å². The fraction of sp³-hybridized carbons (Fsp3) is 0.0769. The Bertz CT molecular complexity index is 1340. The Balaban J connectivity index is 1.82. The van der Waals surface area contributed by atoms with Crippen LogP contribution in [-0.2, 0) is 0 Å². The van der Waals surface area contributed by atoms with Gasteiger partial charge in [-0.2, -0.15) is 0 Å². The summed E-state index contributed by atoms with van der Waals surface area (Å²) in [5, 5.41) is 7.05. The van der Waals surface area contributed by atoms with Gasteiger partial charge in [0.2, 0.25) is 0 Å². The number of thiol groups is 1. The zero-order chi connectivity index (χ0) is 20.0. The number of benzene rings is 4. The average molecular weight is 429 g/mol. The molecule has 4 aromatic carbocycles. The SMILES string of the molecule is Cc1cc2c(cc1S)c1cc(Sc3ccccc3)c(C)cc1p2-c1ccccc1. The quantitative estimate of drug-likeness (QED) is 0.280. The Kier molecular flexibility index (Phi) is 4.95. The molecule has 5 aromatic rings. The molecule has 1 unspecified atom stereocenters. The minimum absolute atomic E-state index is 0.532. The standard InChI is InChI=1S/C26H21PS2/c1-17-13-23-21(15-25(17)28)22-16-26(29-20-11-7-4-8-12-20)18(2)14-24(22)27(23)19-9-5-3-6-10-19/h3-16,28H,1-2H3. The van der Waals surface area contributed by atoms with Crippen molar-refractivity contribution in [2.45, 2.75) is 28.5 Å². The topological polar surface area (TPSA) is 0 Å². The molecule has 1 heterocycles. The lowest BCUT2D eigenvalue weighted by Crippen LogP contribution is -1.80. The second-order valence-electron chi connectivity index (χ2n) is 7.38. The lowest BCUT2D eigenvalue weighted by Gasteiger charge is -2.08. The van der Waals surface area contributed by atoms with E-state index in [4.69, 9.17) is 12.6 Å². The Morgan fingerprint density at radius 1 is 0.690 bits per heavy atom. The van der Waals surface area contributed by atoms with Gasteiger partial charge in [-0.05, 0) is 77.4 Å². The summed E-state index contributed by atoms with van der Waals surface area (Å²) in [7, 11) is -0.532. The van der Waals surface area contributed by atoms with Crippen LogP contribution in [-0.4, -0.2) is 0 Å². The summed E-state index contributed by atoms with van der Waals surface area (Å²) >= 11 is 6.58. The highest BCUT2D eigenvalue weighted by molar-refractivity contribution is 7.99. The van der Waals surface area contributed by atoms with Gasteiger partial charge in [-0.1, -0.05) is 67.8 Å². The maximum atomic E-state index is 4.73. The molecular formula is C26H21PS2. The second-order valence-corrected chi connectivity index (χ2v) is 11.1. The van der Waals surface area contributed by atoms with Gasteiger partial charge in [0.05, 0.1) is 0 Å². The molecular weight excluding hydrogens is 407 g/mol. The molecule has 142 valence electrons. The highest BCUT2D eigenvalue weighted by Crippen LogP contribution is 2.56. The summed E-state index contributed by atoms with van der Waals surface area (Å²) < 4.78 is 0.